The lowest BCUT2D eigenvalue weighted by Crippen LogP contribution is -2.32. The Morgan fingerprint density at radius 1 is 1.33 bits per heavy atom. The molecule has 6 heteroatoms. The van der Waals surface area contributed by atoms with Crippen molar-refractivity contribution < 1.29 is 18.3 Å². The van der Waals surface area contributed by atoms with Gasteiger partial charge in [0.25, 0.3) is 0 Å². The minimum absolute atomic E-state index is 0.162. The molecule has 0 aliphatic rings. The molecule has 0 heterocycles. The highest BCUT2D eigenvalue weighted by Crippen LogP contribution is 2.19. The molecule has 0 saturated carbocycles. The van der Waals surface area contributed by atoms with Crippen LogP contribution in [0.5, 0.6) is 5.75 Å². The largest absolute Gasteiger partial charge is 0.491 e. The van der Waals surface area contributed by atoms with Crippen LogP contribution in [0.4, 0.5) is 0 Å². The van der Waals surface area contributed by atoms with Crippen LogP contribution in [0.25, 0.3) is 0 Å². The first kappa shape index (κ1) is 17.9. The second-order valence-corrected chi connectivity index (χ2v) is 7.68. The number of hydrogen-bond donors (Lipinski definition) is 2. The third kappa shape index (κ3) is 8.04. The van der Waals surface area contributed by atoms with Crippen molar-refractivity contribution in [3.8, 4) is 5.75 Å². The number of aliphatic hydroxyl groups is 1. The van der Waals surface area contributed by atoms with Crippen molar-refractivity contribution in [2.24, 2.45) is 0 Å². The van der Waals surface area contributed by atoms with E-state index >= 15 is 0 Å². The zero-order valence-electron chi connectivity index (χ0n) is 12.9. The Balaban J connectivity index is 2.22. The van der Waals surface area contributed by atoms with Gasteiger partial charge in [0.2, 0.25) is 0 Å². The van der Waals surface area contributed by atoms with Crippen molar-refractivity contribution >= 4 is 9.84 Å². The average Bonchev–Trinajstić information content (AvgIpc) is 2.38. The van der Waals surface area contributed by atoms with Crippen molar-refractivity contribution in [2.45, 2.75) is 26.4 Å². The van der Waals surface area contributed by atoms with Crippen LogP contribution < -0.4 is 10.1 Å². The van der Waals surface area contributed by atoms with Gasteiger partial charge in [0.05, 0.1) is 5.75 Å². The number of sulfone groups is 1. The third-order valence-corrected chi connectivity index (χ3v) is 4.05. The maximum absolute atomic E-state index is 10.9. The zero-order valence-corrected chi connectivity index (χ0v) is 13.7. The van der Waals surface area contributed by atoms with E-state index < -0.39 is 15.9 Å². The molecule has 5 nitrogen and oxygen atoms in total. The Morgan fingerprint density at radius 2 is 2.05 bits per heavy atom. The quantitative estimate of drug-likeness (QED) is 0.667. The lowest BCUT2D eigenvalue weighted by Gasteiger charge is -2.15. The smallest absolute Gasteiger partial charge is 0.147 e. The van der Waals surface area contributed by atoms with Crippen molar-refractivity contribution in [1.82, 2.24) is 5.32 Å². The number of hydrogen-bond acceptors (Lipinski definition) is 5. The minimum atomic E-state index is -2.91. The van der Waals surface area contributed by atoms with E-state index in [1.807, 2.05) is 32.0 Å². The fraction of sp³-hybridized carbons (Fsp3) is 0.600. The molecule has 0 aromatic heterocycles. The van der Waals surface area contributed by atoms with E-state index in [0.29, 0.717) is 19.5 Å². The Bertz CT molecular complexity index is 543. The average molecular weight is 315 g/mol. The highest BCUT2D eigenvalue weighted by atomic mass is 32.2. The first-order chi connectivity index (χ1) is 9.78. The summed E-state index contributed by atoms with van der Waals surface area (Å²) in [5.41, 5.74) is 2.15. The molecule has 0 amide bonds. The summed E-state index contributed by atoms with van der Waals surface area (Å²) in [7, 11) is -2.91. The van der Waals surface area contributed by atoms with E-state index in [9.17, 15) is 13.5 Å². The lowest BCUT2D eigenvalue weighted by atomic mass is 10.1. The molecule has 1 rings (SSSR count). The van der Waals surface area contributed by atoms with Crippen molar-refractivity contribution in [2.75, 3.05) is 31.7 Å². The van der Waals surface area contributed by atoms with Gasteiger partial charge in [-0.15, -0.1) is 0 Å². The van der Waals surface area contributed by atoms with Gasteiger partial charge in [0.15, 0.2) is 0 Å². The van der Waals surface area contributed by atoms with Gasteiger partial charge in [-0.2, -0.15) is 0 Å². The first-order valence-electron chi connectivity index (χ1n) is 7.04. The van der Waals surface area contributed by atoms with Crippen molar-refractivity contribution in [3.63, 3.8) is 0 Å². The van der Waals surface area contributed by atoms with Gasteiger partial charge in [-0.1, -0.05) is 12.1 Å². The van der Waals surface area contributed by atoms with E-state index in [2.05, 4.69) is 5.32 Å². The van der Waals surface area contributed by atoms with E-state index in [-0.39, 0.29) is 12.4 Å². The summed E-state index contributed by atoms with van der Waals surface area (Å²) in [6.45, 7) is 5.11. The standard InChI is InChI=1S/C15H25NO4S/c1-12-5-6-13(2)15(9-12)20-11-14(17)10-16-7-4-8-21(3,18)19/h5-6,9,14,16-17H,4,7-8,10-11H2,1-3H3. The Hall–Kier alpha value is -1.11. The van der Waals surface area contributed by atoms with Crippen LogP contribution in [-0.2, 0) is 9.84 Å². The molecular weight excluding hydrogens is 290 g/mol. The SMILES string of the molecule is Cc1ccc(C)c(OCC(O)CNCCCS(C)(=O)=O)c1. The van der Waals surface area contributed by atoms with Crippen LogP contribution in [0.3, 0.4) is 0 Å². The summed E-state index contributed by atoms with van der Waals surface area (Å²) in [6.07, 6.45) is 1.15. The van der Waals surface area contributed by atoms with E-state index in [4.69, 9.17) is 4.74 Å². The highest BCUT2D eigenvalue weighted by Gasteiger charge is 2.07. The van der Waals surface area contributed by atoms with Gasteiger partial charge in [0.1, 0.15) is 28.3 Å². The van der Waals surface area contributed by atoms with Crippen molar-refractivity contribution in [1.29, 1.82) is 0 Å². The van der Waals surface area contributed by atoms with Gasteiger partial charge < -0.3 is 15.2 Å². The number of ether oxygens (including phenoxy) is 1. The summed E-state index contributed by atoms with van der Waals surface area (Å²) in [5, 5.41) is 12.8. The molecule has 1 unspecified atom stereocenters. The molecule has 0 aliphatic heterocycles. The molecule has 120 valence electrons. The van der Waals surface area contributed by atoms with E-state index in [1.165, 1.54) is 6.26 Å². The van der Waals surface area contributed by atoms with Crippen LogP contribution in [0.2, 0.25) is 0 Å². The molecule has 0 spiro atoms. The van der Waals surface area contributed by atoms with Crippen LogP contribution >= 0.6 is 0 Å². The van der Waals surface area contributed by atoms with Crippen LogP contribution in [0, 0.1) is 13.8 Å². The minimum Gasteiger partial charge on any atom is -0.491 e. The molecule has 21 heavy (non-hydrogen) atoms. The molecule has 0 aliphatic carbocycles. The maximum atomic E-state index is 10.9. The molecule has 1 aromatic carbocycles. The second-order valence-electron chi connectivity index (χ2n) is 5.42. The number of rotatable bonds is 9. The van der Waals surface area contributed by atoms with Crippen molar-refractivity contribution in [3.05, 3.63) is 29.3 Å². The second kappa shape index (κ2) is 8.36. The Kier molecular flexibility index (Phi) is 7.14. The normalized spacial score (nSPS) is 13.1. The molecule has 2 N–H and O–H groups in total. The van der Waals surface area contributed by atoms with Gasteiger partial charge in [0, 0.05) is 12.8 Å². The van der Waals surface area contributed by atoms with Gasteiger partial charge in [-0.3, -0.25) is 0 Å². The third-order valence-electron chi connectivity index (χ3n) is 3.02. The van der Waals surface area contributed by atoms with Crippen LogP contribution in [-0.4, -0.2) is 51.3 Å². The first-order valence-corrected chi connectivity index (χ1v) is 9.10. The van der Waals surface area contributed by atoms with Crippen LogP contribution in [0.1, 0.15) is 17.5 Å². The molecule has 0 saturated heterocycles. The highest BCUT2D eigenvalue weighted by molar-refractivity contribution is 7.90. The summed E-state index contributed by atoms with van der Waals surface area (Å²) in [4.78, 5) is 0. The Morgan fingerprint density at radius 3 is 2.71 bits per heavy atom. The van der Waals surface area contributed by atoms with Gasteiger partial charge >= 0.3 is 0 Å². The number of nitrogens with one attached hydrogen (secondary N) is 1. The van der Waals surface area contributed by atoms with Gasteiger partial charge in [-0.05, 0) is 44.0 Å². The fourth-order valence-electron chi connectivity index (χ4n) is 1.84. The Labute approximate surface area is 127 Å². The molecule has 0 fully saturated rings. The summed E-state index contributed by atoms with van der Waals surface area (Å²) < 4.78 is 27.5. The molecule has 0 bridgehead atoms. The maximum Gasteiger partial charge on any atom is 0.147 e. The monoisotopic (exact) mass is 315 g/mol. The number of benzene rings is 1. The van der Waals surface area contributed by atoms with E-state index in [0.717, 1.165) is 16.9 Å². The number of aliphatic hydroxyl groups excluding tert-OH is 1. The molecule has 1 aromatic rings. The van der Waals surface area contributed by atoms with Crippen LogP contribution in [0.15, 0.2) is 18.2 Å². The van der Waals surface area contributed by atoms with E-state index in [1.54, 1.807) is 0 Å². The molecule has 0 radical (unpaired) electrons. The fourth-order valence-corrected chi connectivity index (χ4v) is 2.50. The molecule has 1 atom stereocenters. The zero-order chi connectivity index (χ0) is 15.9. The summed E-state index contributed by atoms with van der Waals surface area (Å²) in [5.74, 6) is 0.945. The summed E-state index contributed by atoms with van der Waals surface area (Å²) >= 11 is 0. The predicted octanol–water partition coefficient (Wildman–Crippen LogP) is 1.07. The predicted molar refractivity (Wildman–Crippen MR) is 84.6 cm³/mol. The topological polar surface area (TPSA) is 75.6 Å². The number of aryl methyl sites for hydroxylation is 2. The van der Waals surface area contributed by atoms with Gasteiger partial charge in [-0.25, -0.2) is 8.42 Å². The summed E-state index contributed by atoms with van der Waals surface area (Å²) in [6, 6.07) is 5.95. The molecular formula is C15H25NO4S. The lowest BCUT2D eigenvalue weighted by molar-refractivity contribution is 0.106.